The molecule has 3 atom stereocenters. The lowest BCUT2D eigenvalue weighted by Gasteiger charge is -2.44. The summed E-state index contributed by atoms with van der Waals surface area (Å²) in [7, 11) is -3.87. The van der Waals surface area contributed by atoms with Crippen molar-refractivity contribution in [3.63, 3.8) is 0 Å². The monoisotopic (exact) mass is 431 g/mol. The molecule has 0 radical (unpaired) electrons. The van der Waals surface area contributed by atoms with Gasteiger partial charge in [0.1, 0.15) is 5.37 Å². The van der Waals surface area contributed by atoms with Gasteiger partial charge in [0, 0.05) is 10.3 Å². The molecule has 3 unspecified atom stereocenters. The van der Waals surface area contributed by atoms with E-state index in [2.05, 4.69) is 0 Å². The number of hydrogen-bond acceptors (Lipinski definition) is 7. The van der Waals surface area contributed by atoms with Crippen LogP contribution in [0.25, 0.3) is 10.8 Å². The average molecular weight is 431 g/mol. The maximum Gasteiger partial charge on any atom is 0.265 e. The van der Waals surface area contributed by atoms with Gasteiger partial charge in [0.15, 0.2) is 0 Å². The highest BCUT2D eigenvalue weighted by Crippen LogP contribution is 2.51. The molecule has 8 nitrogen and oxygen atoms in total. The van der Waals surface area contributed by atoms with Crippen LogP contribution in [0.3, 0.4) is 0 Å². The first-order valence-corrected chi connectivity index (χ1v) is 11.2. The molecule has 29 heavy (non-hydrogen) atoms. The summed E-state index contributed by atoms with van der Waals surface area (Å²) >= 11 is 1.09. The number of aliphatic hydroxyl groups is 1. The molecular formula is C19H15N2O6S2-. The molecule has 3 heterocycles. The number of thioether (sulfide) groups is 1. The van der Waals surface area contributed by atoms with Crippen LogP contribution in [0.15, 0.2) is 51.9 Å². The Hall–Kier alpha value is -2.56. The smallest absolute Gasteiger partial charge is 0.265 e. The third kappa shape index (κ3) is 2.33. The van der Waals surface area contributed by atoms with E-state index < -0.39 is 39.3 Å². The first-order valence-electron chi connectivity index (χ1n) is 8.90. The van der Waals surface area contributed by atoms with Crippen LogP contribution in [0.1, 0.15) is 6.92 Å². The minimum Gasteiger partial charge on any atom is -0.543 e. The van der Waals surface area contributed by atoms with Crippen LogP contribution in [0, 0.1) is 5.92 Å². The predicted molar refractivity (Wildman–Crippen MR) is 104 cm³/mol. The number of carboxylic acid groups (broad SMARTS) is 1. The molecule has 0 bridgehead atoms. The van der Waals surface area contributed by atoms with E-state index in [9.17, 15) is 28.2 Å². The van der Waals surface area contributed by atoms with Crippen LogP contribution < -0.4 is 9.41 Å². The SMILES string of the molecule is CC(O)C1C(=O)N2C(C(=O)[O-])=C(CN3c4cccc5cccc(c45)S3(=O)=O)SC12. The van der Waals surface area contributed by atoms with Crippen molar-refractivity contribution in [1.29, 1.82) is 0 Å². The number of amides is 1. The number of sulfonamides is 1. The van der Waals surface area contributed by atoms with Gasteiger partial charge in [-0.2, -0.15) is 0 Å². The minimum atomic E-state index is -3.87. The standard InChI is InChI=1S/C19H16N2O6S2/c1-9(22)14-17(23)21-16(19(24)25)12(28-18(14)21)8-20-11-6-2-4-10-5-3-7-13(15(10)11)29(20,26)27/h2-7,9,14,18,22H,8H2,1H3,(H,24,25)/p-1. The van der Waals surface area contributed by atoms with E-state index in [0.717, 1.165) is 22.0 Å². The van der Waals surface area contributed by atoms with Crippen molar-refractivity contribution in [2.75, 3.05) is 10.8 Å². The van der Waals surface area contributed by atoms with Gasteiger partial charge in [-0.3, -0.25) is 14.0 Å². The Balaban J connectivity index is 1.59. The number of rotatable bonds is 4. The molecule has 0 spiro atoms. The number of fused-ring (bicyclic) bond motifs is 1. The number of β-lactam (4-membered cyclic amide) rings is 1. The van der Waals surface area contributed by atoms with E-state index in [1.165, 1.54) is 17.3 Å². The summed E-state index contributed by atoms with van der Waals surface area (Å²) in [6.07, 6.45) is -0.938. The Morgan fingerprint density at radius 1 is 1.28 bits per heavy atom. The average Bonchev–Trinajstić information content (AvgIpc) is 3.09. The highest BCUT2D eigenvalue weighted by atomic mass is 32.2. The van der Waals surface area contributed by atoms with E-state index in [4.69, 9.17) is 0 Å². The van der Waals surface area contributed by atoms with Gasteiger partial charge in [-0.25, -0.2) is 8.42 Å². The third-order valence-electron chi connectivity index (χ3n) is 5.53. The van der Waals surface area contributed by atoms with Crippen LogP contribution in [0.4, 0.5) is 5.69 Å². The van der Waals surface area contributed by atoms with Gasteiger partial charge in [0.2, 0.25) is 5.91 Å². The molecule has 0 aromatic heterocycles. The molecule has 1 N–H and O–H groups in total. The predicted octanol–water partition coefficient (Wildman–Crippen LogP) is 0.222. The Labute approximate surface area is 170 Å². The zero-order valence-electron chi connectivity index (χ0n) is 15.1. The van der Waals surface area contributed by atoms with E-state index in [-0.39, 0.29) is 22.0 Å². The lowest BCUT2D eigenvalue weighted by molar-refractivity contribution is -0.301. The number of benzene rings is 2. The van der Waals surface area contributed by atoms with Gasteiger partial charge in [-0.05, 0) is 24.4 Å². The number of hydrogen-bond donors (Lipinski definition) is 1. The highest BCUT2D eigenvalue weighted by Gasteiger charge is 2.56. The van der Waals surface area contributed by atoms with E-state index >= 15 is 0 Å². The lowest BCUT2D eigenvalue weighted by atomic mass is 9.92. The lowest BCUT2D eigenvalue weighted by Crippen LogP contribution is -2.61. The van der Waals surface area contributed by atoms with Crippen LogP contribution >= 0.6 is 11.8 Å². The van der Waals surface area contributed by atoms with Crippen molar-refractivity contribution in [1.82, 2.24) is 4.90 Å². The molecule has 3 aliphatic rings. The molecule has 2 aromatic carbocycles. The van der Waals surface area contributed by atoms with Crippen molar-refractivity contribution in [2.24, 2.45) is 5.92 Å². The molecule has 0 aliphatic carbocycles. The fourth-order valence-corrected chi connectivity index (χ4v) is 7.57. The quantitative estimate of drug-likeness (QED) is 0.688. The molecular weight excluding hydrogens is 416 g/mol. The maximum absolute atomic E-state index is 13.2. The van der Waals surface area contributed by atoms with E-state index in [1.807, 2.05) is 12.1 Å². The van der Waals surface area contributed by atoms with Gasteiger partial charge in [-0.1, -0.05) is 36.0 Å². The fraction of sp³-hybridized carbons (Fsp3) is 0.263. The Kier molecular flexibility index (Phi) is 3.80. The molecule has 1 saturated heterocycles. The van der Waals surface area contributed by atoms with Crippen LogP contribution in [-0.4, -0.2) is 48.3 Å². The zero-order chi connectivity index (χ0) is 20.7. The number of nitrogens with zero attached hydrogens (tertiary/aromatic N) is 2. The summed E-state index contributed by atoms with van der Waals surface area (Å²) in [5, 5.41) is 22.4. The second-order valence-electron chi connectivity index (χ2n) is 7.19. The second kappa shape index (κ2) is 5.97. The van der Waals surface area contributed by atoms with Crippen molar-refractivity contribution in [3.05, 3.63) is 47.0 Å². The maximum atomic E-state index is 13.2. The number of carboxylic acids is 1. The van der Waals surface area contributed by atoms with Crippen LogP contribution in [0.2, 0.25) is 0 Å². The third-order valence-corrected chi connectivity index (χ3v) is 8.69. The number of carbonyl (C=O) groups excluding carboxylic acids is 2. The van der Waals surface area contributed by atoms with Crippen molar-refractivity contribution in [3.8, 4) is 0 Å². The summed E-state index contributed by atoms with van der Waals surface area (Å²) < 4.78 is 27.5. The number of aliphatic hydroxyl groups excluding tert-OH is 1. The largest absolute Gasteiger partial charge is 0.543 e. The second-order valence-corrected chi connectivity index (χ2v) is 10.2. The molecule has 0 saturated carbocycles. The summed E-state index contributed by atoms with van der Waals surface area (Å²) in [6.45, 7) is 1.25. The van der Waals surface area contributed by atoms with Gasteiger partial charge in [0.25, 0.3) is 10.0 Å². The summed E-state index contributed by atoms with van der Waals surface area (Å²) in [4.78, 5) is 25.6. The van der Waals surface area contributed by atoms with E-state index in [1.54, 1.807) is 18.2 Å². The first kappa shape index (κ1) is 18.5. The van der Waals surface area contributed by atoms with Crippen molar-refractivity contribution < 1.29 is 28.2 Å². The molecule has 1 fully saturated rings. The Morgan fingerprint density at radius 3 is 2.62 bits per heavy atom. The molecule has 1 amide bonds. The van der Waals surface area contributed by atoms with Gasteiger partial charge in [0.05, 0.1) is 40.8 Å². The zero-order valence-corrected chi connectivity index (χ0v) is 16.7. The van der Waals surface area contributed by atoms with Crippen LogP contribution in [-0.2, 0) is 19.6 Å². The van der Waals surface area contributed by atoms with Gasteiger partial charge >= 0.3 is 0 Å². The van der Waals surface area contributed by atoms with Crippen molar-refractivity contribution in [2.45, 2.75) is 23.3 Å². The number of aliphatic carboxylic acids is 1. The molecule has 3 aliphatic heterocycles. The fourth-order valence-electron chi connectivity index (χ4n) is 4.21. The molecule has 150 valence electrons. The first-order chi connectivity index (χ1) is 13.7. The Morgan fingerprint density at radius 2 is 1.97 bits per heavy atom. The van der Waals surface area contributed by atoms with E-state index in [0.29, 0.717) is 11.1 Å². The normalized spacial score (nSPS) is 25.4. The Bertz CT molecular complexity index is 1230. The highest BCUT2D eigenvalue weighted by molar-refractivity contribution is 8.04. The van der Waals surface area contributed by atoms with Gasteiger partial charge < -0.3 is 15.0 Å². The summed E-state index contributed by atoms with van der Waals surface area (Å²) in [5.41, 5.74) is 0.150. The topological polar surface area (TPSA) is 118 Å². The van der Waals surface area contributed by atoms with Crippen LogP contribution in [0.5, 0.6) is 0 Å². The summed E-state index contributed by atoms with van der Waals surface area (Å²) in [5.74, 6) is -2.77. The summed E-state index contributed by atoms with van der Waals surface area (Å²) in [6, 6.07) is 10.2. The van der Waals surface area contributed by atoms with Crippen molar-refractivity contribution >= 4 is 50.1 Å². The molecule has 10 heteroatoms. The van der Waals surface area contributed by atoms with Gasteiger partial charge in [-0.15, -0.1) is 0 Å². The minimum absolute atomic E-state index is 0.172. The number of carbonyl (C=O) groups is 2. The molecule has 2 aromatic rings. The molecule has 5 rings (SSSR count). The number of anilines is 1.